The molecule has 0 saturated heterocycles. The lowest BCUT2D eigenvalue weighted by molar-refractivity contribution is 0.355. The first-order valence-electron chi connectivity index (χ1n) is 7.02. The molecule has 0 amide bonds. The van der Waals surface area contributed by atoms with E-state index in [-0.39, 0.29) is 0 Å². The number of hydrogen-bond donors (Lipinski definition) is 1. The summed E-state index contributed by atoms with van der Waals surface area (Å²) in [6.07, 6.45) is 3.23. The standard InChI is InChI=1S/C17H16N4O2/c1-22-14-7-6-12(9-15(14)23-2)13-10-17(20-11-19-13)21-16-5-3-4-8-18-16/h3-11H,1-2H3,(H,18,19,20,21). The van der Waals surface area contributed by atoms with Crippen molar-refractivity contribution < 1.29 is 9.47 Å². The molecule has 0 spiro atoms. The van der Waals surface area contributed by atoms with E-state index in [9.17, 15) is 0 Å². The van der Waals surface area contributed by atoms with Crippen LogP contribution in [0.1, 0.15) is 0 Å². The molecule has 1 N–H and O–H groups in total. The highest BCUT2D eigenvalue weighted by Gasteiger charge is 2.08. The summed E-state index contributed by atoms with van der Waals surface area (Å²) in [5.41, 5.74) is 1.69. The zero-order chi connectivity index (χ0) is 16.1. The third kappa shape index (κ3) is 3.37. The molecule has 0 aliphatic heterocycles. The molecular weight excluding hydrogens is 292 g/mol. The van der Waals surface area contributed by atoms with Crippen molar-refractivity contribution >= 4 is 11.6 Å². The fourth-order valence-corrected chi connectivity index (χ4v) is 2.15. The number of aromatic nitrogens is 3. The number of nitrogens with zero attached hydrogens (tertiary/aromatic N) is 3. The van der Waals surface area contributed by atoms with Crippen LogP contribution in [0.5, 0.6) is 11.5 Å². The molecule has 1 aromatic carbocycles. The number of rotatable bonds is 5. The Hall–Kier alpha value is -3.15. The van der Waals surface area contributed by atoms with Crippen molar-refractivity contribution in [1.29, 1.82) is 0 Å². The summed E-state index contributed by atoms with van der Waals surface area (Å²) in [6, 6.07) is 13.2. The van der Waals surface area contributed by atoms with Crippen LogP contribution in [-0.4, -0.2) is 29.2 Å². The van der Waals surface area contributed by atoms with Gasteiger partial charge >= 0.3 is 0 Å². The van der Waals surface area contributed by atoms with Gasteiger partial charge in [0.25, 0.3) is 0 Å². The zero-order valence-electron chi connectivity index (χ0n) is 12.9. The van der Waals surface area contributed by atoms with Crippen LogP contribution in [-0.2, 0) is 0 Å². The van der Waals surface area contributed by atoms with E-state index in [2.05, 4.69) is 20.3 Å². The van der Waals surface area contributed by atoms with Crippen molar-refractivity contribution in [3.63, 3.8) is 0 Å². The van der Waals surface area contributed by atoms with Crippen molar-refractivity contribution in [2.24, 2.45) is 0 Å². The minimum Gasteiger partial charge on any atom is -0.493 e. The van der Waals surface area contributed by atoms with Gasteiger partial charge in [-0.2, -0.15) is 0 Å². The summed E-state index contributed by atoms with van der Waals surface area (Å²) in [4.78, 5) is 12.8. The van der Waals surface area contributed by atoms with E-state index < -0.39 is 0 Å². The average Bonchev–Trinajstić information content (AvgIpc) is 2.62. The Bertz CT molecular complexity index is 794. The molecule has 0 aliphatic carbocycles. The van der Waals surface area contributed by atoms with E-state index >= 15 is 0 Å². The van der Waals surface area contributed by atoms with E-state index in [1.54, 1.807) is 20.4 Å². The molecule has 3 rings (SSSR count). The van der Waals surface area contributed by atoms with Crippen LogP contribution in [0.25, 0.3) is 11.3 Å². The maximum absolute atomic E-state index is 5.33. The summed E-state index contributed by atoms with van der Waals surface area (Å²) in [7, 11) is 3.22. The maximum Gasteiger partial charge on any atom is 0.161 e. The summed E-state index contributed by atoms with van der Waals surface area (Å²) >= 11 is 0. The Morgan fingerprint density at radius 2 is 1.70 bits per heavy atom. The van der Waals surface area contributed by atoms with Crippen LogP contribution in [0.3, 0.4) is 0 Å². The van der Waals surface area contributed by atoms with Crippen LogP contribution >= 0.6 is 0 Å². The third-order valence-electron chi connectivity index (χ3n) is 3.27. The smallest absolute Gasteiger partial charge is 0.161 e. The Kier molecular flexibility index (Phi) is 4.33. The monoisotopic (exact) mass is 308 g/mol. The van der Waals surface area contributed by atoms with Crippen molar-refractivity contribution in [2.45, 2.75) is 0 Å². The molecule has 2 aromatic heterocycles. The van der Waals surface area contributed by atoms with Crippen molar-refractivity contribution in [2.75, 3.05) is 19.5 Å². The SMILES string of the molecule is COc1ccc(-c2cc(Nc3ccccn3)ncn2)cc1OC. The highest BCUT2D eigenvalue weighted by atomic mass is 16.5. The molecule has 0 saturated carbocycles. The fraction of sp³-hybridized carbons (Fsp3) is 0.118. The summed E-state index contributed by atoms with van der Waals surface area (Å²) < 4.78 is 10.6. The minimum atomic E-state index is 0.655. The van der Waals surface area contributed by atoms with E-state index in [1.165, 1.54) is 6.33 Å². The quantitative estimate of drug-likeness (QED) is 0.780. The molecule has 6 nitrogen and oxygen atoms in total. The van der Waals surface area contributed by atoms with Crippen LogP contribution in [0, 0.1) is 0 Å². The molecule has 0 atom stereocenters. The molecule has 0 fully saturated rings. The summed E-state index contributed by atoms with van der Waals surface area (Å²) in [6.45, 7) is 0. The Balaban J connectivity index is 1.90. The number of anilines is 2. The molecule has 6 heteroatoms. The maximum atomic E-state index is 5.33. The van der Waals surface area contributed by atoms with Gasteiger partial charge in [0.1, 0.15) is 18.0 Å². The van der Waals surface area contributed by atoms with Crippen molar-refractivity contribution in [3.05, 3.63) is 55.0 Å². The van der Waals surface area contributed by atoms with E-state index in [0.29, 0.717) is 17.3 Å². The van der Waals surface area contributed by atoms with Gasteiger partial charge in [0.2, 0.25) is 0 Å². The lowest BCUT2D eigenvalue weighted by Gasteiger charge is -2.10. The molecule has 0 radical (unpaired) electrons. The van der Waals surface area contributed by atoms with Crippen LogP contribution in [0.2, 0.25) is 0 Å². The number of ether oxygens (including phenoxy) is 2. The Labute approximate surface area is 134 Å². The molecule has 23 heavy (non-hydrogen) atoms. The minimum absolute atomic E-state index is 0.655. The van der Waals surface area contributed by atoms with Gasteiger partial charge in [-0.15, -0.1) is 0 Å². The molecule has 116 valence electrons. The highest BCUT2D eigenvalue weighted by molar-refractivity contribution is 5.67. The second-order valence-electron chi connectivity index (χ2n) is 4.70. The molecule has 0 bridgehead atoms. The number of benzene rings is 1. The first-order valence-corrected chi connectivity index (χ1v) is 7.02. The Morgan fingerprint density at radius 3 is 2.43 bits per heavy atom. The number of pyridine rings is 1. The molecule has 0 aliphatic rings. The highest BCUT2D eigenvalue weighted by Crippen LogP contribution is 2.32. The van der Waals surface area contributed by atoms with Crippen LogP contribution in [0.15, 0.2) is 55.0 Å². The Morgan fingerprint density at radius 1 is 0.826 bits per heavy atom. The predicted octanol–water partition coefficient (Wildman–Crippen LogP) is 3.30. The largest absolute Gasteiger partial charge is 0.493 e. The van der Waals surface area contributed by atoms with Crippen LogP contribution < -0.4 is 14.8 Å². The van der Waals surface area contributed by atoms with Gasteiger partial charge in [-0.1, -0.05) is 6.07 Å². The average molecular weight is 308 g/mol. The van der Waals surface area contributed by atoms with Gasteiger partial charge in [-0.05, 0) is 30.3 Å². The van der Waals surface area contributed by atoms with Crippen molar-refractivity contribution in [3.8, 4) is 22.8 Å². The van der Waals surface area contributed by atoms with E-state index in [1.807, 2.05) is 42.5 Å². The van der Waals surface area contributed by atoms with Gasteiger partial charge in [-0.3, -0.25) is 0 Å². The van der Waals surface area contributed by atoms with Crippen LogP contribution in [0.4, 0.5) is 11.6 Å². The lowest BCUT2D eigenvalue weighted by atomic mass is 10.1. The first-order chi connectivity index (χ1) is 11.3. The molecule has 2 heterocycles. The topological polar surface area (TPSA) is 69.2 Å². The zero-order valence-corrected chi connectivity index (χ0v) is 12.9. The normalized spacial score (nSPS) is 10.2. The summed E-state index contributed by atoms with van der Waals surface area (Å²) in [5.74, 6) is 2.73. The summed E-state index contributed by atoms with van der Waals surface area (Å²) in [5, 5.41) is 3.15. The number of nitrogens with one attached hydrogen (secondary N) is 1. The van der Waals surface area contributed by atoms with E-state index in [0.717, 1.165) is 17.1 Å². The van der Waals surface area contributed by atoms with Gasteiger partial charge in [-0.25, -0.2) is 15.0 Å². The lowest BCUT2D eigenvalue weighted by Crippen LogP contribution is -1.97. The second-order valence-corrected chi connectivity index (χ2v) is 4.70. The number of methoxy groups -OCH3 is 2. The second kappa shape index (κ2) is 6.74. The third-order valence-corrected chi connectivity index (χ3v) is 3.27. The van der Waals surface area contributed by atoms with Gasteiger partial charge < -0.3 is 14.8 Å². The van der Waals surface area contributed by atoms with Crippen molar-refractivity contribution in [1.82, 2.24) is 15.0 Å². The fourth-order valence-electron chi connectivity index (χ4n) is 2.15. The van der Waals surface area contributed by atoms with Gasteiger partial charge in [0, 0.05) is 17.8 Å². The van der Waals surface area contributed by atoms with Gasteiger partial charge in [0.15, 0.2) is 11.5 Å². The van der Waals surface area contributed by atoms with Gasteiger partial charge in [0.05, 0.1) is 19.9 Å². The van der Waals surface area contributed by atoms with E-state index in [4.69, 9.17) is 9.47 Å². The first kappa shape index (κ1) is 14.8. The molecule has 0 unspecified atom stereocenters. The molecular formula is C17H16N4O2. The number of hydrogen-bond acceptors (Lipinski definition) is 6. The molecule has 3 aromatic rings. The predicted molar refractivity (Wildman–Crippen MR) is 88.1 cm³/mol.